The molecule has 4 heteroatoms. The van der Waals surface area contributed by atoms with Gasteiger partial charge in [0.25, 0.3) is 0 Å². The van der Waals surface area contributed by atoms with Crippen LogP contribution in [0.25, 0.3) is 0 Å². The summed E-state index contributed by atoms with van der Waals surface area (Å²) in [7, 11) is 0. The second kappa shape index (κ2) is 4.11. The average Bonchev–Trinajstić information content (AvgIpc) is 2.11. The van der Waals surface area contributed by atoms with E-state index in [0.29, 0.717) is 11.4 Å². The molecule has 0 aliphatic heterocycles. The minimum atomic E-state index is -0.518. The molecule has 1 aromatic rings. The fraction of sp³-hybridized carbons (Fsp3) is 0.300. The zero-order valence-corrected chi connectivity index (χ0v) is 8.37. The van der Waals surface area contributed by atoms with Crippen LogP contribution in [-0.2, 0) is 4.79 Å². The summed E-state index contributed by atoms with van der Waals surface area (Å²) >= 11 is 0. The van der Waals surface area contributed by atoms with Crippen molar-refractivity contribution in [3.8, 4) is 0 Å². The van der Waals surface area contributed by atoms with Crippen LogP contribution in [0.5, 0.6) is 0 Å². The molecule has 0 saturated heterocycles. The Kier molecular flexibility index (Phi) is 3.09. The Balaban J connectivity index is 2.86. The maximum atomic E-state index is 11.3. The number of nitrogen functional groups attached to an aromatic ring is 1. The van der Waals surface area contributed by atoms with E-state index in [1.54, 1.807) is 19.1 Å². The highest BCUT2D eigenvalue weighted by Crippen LogP contribution is 2.17. The van der Waals surface area contributed by atoms with Crippen LogP contribution in [0.4, 0.5) is 11.4 Å². The van der Waals surface area contributed by atoms with E-state index in [1.807, 2.05) is 13.0 Å². The van der Waals surface area contributed by atoms with Crippen LogP contribution >= 0.6 is 0 Å². The summed E-state index contributed by atoms with van der Waals surface area (Å²) in [6, 6.07) is 4.84. The van der Waals surface area contributed by atoms with E-state index in [0.717, 1.165) is 5.56 Å². The first kappa shape index (κ1) is 10.5. The first-order valence-electron chi connectivity index (χ1n) is 4.43. The molecule has 1 atom stereocenters. The second-order valence-electron chi connectivity index (χ2n) is 3.35. The third-order valence-corrected chi connectivity index (χ3v) is 1.93. The van der Waals surface area contributed by atoms with Gasteiger partial charge in [-0.3, -0.25) is 4.79 Å². The van der Waals surface area contributed by atoms with Crippen LogP contribution in [-0.4, -0.2) is 11.9 Å². The Morgan fingerprint density at radius 2 is 2.14 bits per heavy atom. The number of hydrogen-bond acceptors (Lipinski definition) is 3. The topological polar surface area (TPSA) is 81.1 Å². The predicted octanol–water partition coefficient (Wildman–Crippen LogP) is 0.863. The molecular weight excluding hydrogens is 178 g/mol. The Hall–Kier alpha value is -1.55. The molecule has 0 spiro atoms. The van der Waals surface area contributed by atoms with Crippen LogP contribution in [0, 0.1) is 6.92 Å². The van der Waals surface area contributed by atoms with Gasteiger partial charge in [-0.05, 0) is 31.5 Å². The second-order valence-corrected chi connectivity index (χ2v) is 3.35. The summed E-state index contributed by atoms with van der Waals surface area (Å²) in [5.41, 5.74) is 13.3. The number of amides is 1. The van der Waals surface area contributed by atoms with Crippen LogP contribution < -0.4 is 16.8 Å². The van der Waals surface area contributed by atoms with Gasteiger partial charge >= 0.3 is 0 Å². The molecule has 0 aliphatic carbocycles. The van der Waals surface area contributed by atoms with Crippen LogP contribution in [0.3, 0.4) is 0 Å². The largest absolute Gasteiger partial charge is 0.399 e. The zero-order chi connectivity index (χ0) is 10.7. The number of nitrogens with two attached hydrogens (primary N) is 2. The number of rotatable bonds is 2. The van der Waals surface area contributed by atoms with Gasteiger partial charge in [0.05, 0.1) is 6.04 Å². The van der Waals surface area contributed by atoms with E-state index >= 15 is 0 Å². The lowest BCUT2D eigenvalue weighted by Gasteiger charge is -2.10. The summed E-state index contributed by atoms with van der Waals surface area (Å²) < 4.78 is 0. The number of aryl methyl sites for hydroxylation is 1. The molecule has 1 rings (SSSR count). The molecule has 0 radical (unpaired) electrons. The zero-order valence-electron chi connectivity index (χ0n) is 8.37. The molecule has 0 aromatic heterocycles. The van der Waals surface area contributed by atoms with Gasteiger partial charge in [-0.15, -0.1) is 0 Å². The van der Waals surface area contributed by atoms with Crippen LogP contribution in [0.15, 0.2) is 18.2 Å². The lowest BCUT2D eigenvalue weighted by atomic mass is 10.1. The van der Waals surface area contributed by atoms with E-state index in [4.69, 9.17) is 11.5 Å². The maximum absolute atomic E-state index is 11.3. The van der Waals surface area contributed by atoms with Gasteiger partial charge in [0.15, 0.2) is 0 Å². The smallest absolute Gasteiger partial charge is 0.241 e. The standard InChI is InChI=1S/C10H15N3O/c1-6-3-4-8(12)5-9(6)13-10(14)7(2)11/h3-5,7H,11-12H2,1-2H3,(H,13,14)/t7-/m1/s1. The molecule has 1 aromatic carbocycles. The van der Waals surface area contributed by atoms with Gasteiger partial charge in [0.1, 0.15) is 0 Å². The third-order valence-electron chi connectivity index (χ3n) is 1.93. The highest BCUT2D eigenvalue weighted by atomic mass is 16.2. The van der Waals surface area contributed by atoms with Gasteiger partial charge < -0.3 is 16.8 Å². The van der Waals surface area contributed by atoms with Crippen molar-refractivity contribution < 1.29 is 4.79 Å². The number of carbonyl (C=O) groups excluding carboxylic acids is 1. The van der Waals surface area contributed by atoms with Gasteiger partial charge in [-0.1, -0.05) is 6.07 Å². The number of benzene rings is 1. The maximum Gasteiger partial charge on any atom is 0.241 e. The van der Waals surface area contributed by atoms with Gasteiger partial charge in [-0.25, -0.2) is 0 Å². The van der Waals surface area contributed by atoms with Gasteiger partial charge in [0, 0.05) is 11.4 Å². The molecule has 0 heterocycles. The van der Waals surface area contributed by atoms with Crippen molar-refractivity contribution >= 4 is 17.3 Å². The summed E-state index contributed by atoms with van der Waals surface area (Å²) in [6.07, 6.45) is 0. The van der Waals surface area contributed by atoms with Gasteiger partial charge in [-0.2, -0.15) is 0 Å². The third kappa shape index (κ3) is 2.47. The van der Waals surface area contributed by atoms with Crippen molar-refractivity contribution in [1.29, 1.82) is 0 Å². The van der Waals surface area contributed by atoms with Crippen molar-refractivity contribution in [3.63, 3.8) is 0 Å². The molecule has 0 bridgehead atoms. The normalized spacial score (nSPS) is 12.2. The summed E-state index contributed by atoms with van der Waals surface area (Å²) in [5, 5.41) is 2.71. The molecule has 0 saturated carbocycles. The van der Waals surface area contributed by atoms with Crippen molar-refractivity contribution in [3.05, 3.63) is 23.8 Å². The quantitative estimate of drug-likeness (QED) is 0.609. The minimum Gasteiger partial charge on any atom is -0.399 e. The summed E-state index contributed by atoms with van der Waals surface area (Å²) in [4.78, 5) is 11.3. The number of anilines is 2. The number of carbonyl (C=O) groups is 1. The molecule has 0 fully saturated rings. The molecule has 0 aliphatic rings. The van der Waals surface area contributed by atoms with Crippen molar-refractivity contribution in [2.45, 2.75) is 19.9 Å². The van der Waals surface area contributed by atoms with Gasteiger partial charge in [0.2, 0.25) is 5.91 Å². The Morgan fingerprint density at radius 3 is 2.71 bits per heavy atom. The molecule has 4 nitrogen and oxygen atoms in total. The Bertz CT molecular complexity index is 347. The number of hydrogen-bond donors (Lipinski definition) is 3. The SMILES string of the molecule is Cc1ccc(N)cc1NC(=O)[C@@H](C)N. The molecule has 14 heavy (non-hydrogen) atoms. The molecule has 1 amide bonds. The van der Waals surface area contributed by atoms with Crippen molar-refractivity contribution in [2.75, 3.05) is 11.1 Å². The minimum absolute atomic E-state index is 0.210. The summed E-state index contributed by atoms with van der Waals surface area (Å²) in [6.45, 7) is 3.53. The lowest BCUT2D eigenvalue weighted by Crippen LogP contribution is -2.32. The van der Waals surface area contributed by atoms with Crippen LogP contribution in [0.2, 0.25) is 0 Å². The van der Waals surface area contributed by atoms with E-state index in [-0.39, 0.29) is 5.91 Å². The molecule has 0 unspecified atom stereocenters. The van der Waals surface area contributed by atoms with Crippen molar-refractivity contribution in [1.82, 2.24) is 0 Å². The first-order chi connectivity index (χ1) is 6.50. The highest BCUT2D eigenvalue weighted by molar-refractivity contribution is 5.95. The Labute approximate surface area is 83.3 Å². The van der Waals surface area contributed by atoms with E-state index in [9.17, 15) is 4.79 Å². The fourth-order valence-corrected chi connectivity index (χ4v) is 1.02. The molecule has 76 valence electrons. The first-order valence-corrected chi connectivity index (χ1v) is 4.43. The number of nitrogens with one attached hydrogen (secondary N) is 1. The van der Waals surface area contributed by atoms with Crippen LogP contribution in [0.1, 0.15) is 12.5 Å². The van der Waals surface area contributed by atoms with Crippen molar-refractivity contribution in [2.24, 2.45) is 5.73 Å². The summed E-state index contributed by atoms with van der Waals surface area (Å²) in [5.74, 6) is -0.210. The van der Waals surface area contributed by atoms with E-state index in [2.05, 4.69) is 5.32 Å². The fourth-order valence-electron chi connectivity index (χ4n) is 1.02. The van der Waals surface area contributed by atoms with E-state index in [1.165, 1.54) is 0 Å². The Morgan fingerprint density at radius 1 is 1.50 bits per heavy atom. The molecular formula is C10H15N3O. The molecule has 5 N–H and O–H groups in total. The predicted molar refractivity (Wildman–Crippen MR) is 57.9 cm³/mol. The average molecular weight is 193 g/mol. The highest BCUT2D eigenvalue weighted by Gasteiger charge is 2.08. The monoisotopic (exact) mass is 193 g/mol. The van der Waals surface area contributed by atoms with E-state index < -0.39 is 6.04 Å². The lowest BCUT2D eigenvalue weighted by molar-refractivity contribution is -0.117.